The number of anilines is 1. The van der Waals surface area contributed by atoms with Crippen LogP contribution >= 0.6 is 0 Å². The van der Waals surface area contributed by atoms with Gasteiger partial charge in [-0.25, -0.2) is 0 Å². The summed E-state index contributed by atoms with van der Waals surface area (Å²) in [5, 5.41) is 3.00. The van der Waals surface area contributed by atoms with E-state index >= 15 is 0 Å². The normalized spacial score (nSPS) is 19.1. The molecule has 30 heavy (non-hydrogen) atoms. The number of benzene rings is 1. The number of nitrogens with zero attached hydrogens (tertiary/aromatic N) is 4. The Bertz CT molecular complexity index is 729. The standard InChI is InChI=1S/C23H37N5O2/c1-19-7-5-6-8-20(19)27-13-9-26(10-14-27)18-22(30)28-15-11-25(12-16-28)17-21(29)24-23(2,3)4/h5-8H,9-18H2,1-4H3,(H,24,29). The van der Waals surface area contributed by atoms with Gasteiger partial charge in [-0.15, -0.1) is 0 Å². The van der Waals surface area contributed by atoms with Gasteiger partial charge >= 0.3 is 0 Å². The molecule has 0 unspecified atom stereocenters. The van der Waals surface area contributed by atoms with Crippen molar-refractivity contribution in [3.05, 3.63) is 29.8 Å². The summed E-state index contributed by atoms with van der Waals surface area (Å²) in [6, 6.07) is 8.49. The van der Waals surface area contributed by atoms with Crippen molar-refractivity contribution in [2.75, 3.05) is 70.3 Å². The first-order valence-electron chi connectivity index (χ1n) is 11.1. The molecule has 0 atom stereocenters. The van der Waals surface area contributed by atoms with E-state index in [9.17, 15) is 9.59 Å². The van der Waals surface area contributed by atoms with Gasteiger partial charge in [0, 0.05) is 63.6 Å². The van der Waals surface area contributed by atoms with E-state index in [0.29, 0.717) is 26.2 Å². The van der Waals surface area contributed by atoms with Gasteiger partial charge in [0.2, 0.25) is 11.8 Å². The summed E-state index contributed by atoms with van der Waals surface area (Å²) >= 11 is 0. The van der Waals surface area contributed by atoms with E-state index in [4.69, 9.17) is 0 Å². The molecule has 0 bridgehead atoms. The van der Waals surface area contributed by atoms with Crippen molar-refractivity contribution in [2.45, 2.75) is 33.2 Å². The van der Waals surface area contributed by atoms with Crippen LogP contribution in [-0.2, 0) is 9.59 Å². The van der Waals surface area contributed by atoms with E-state index in [1.165, 1.54) is 11.3 Å². The number of nitrogens with one attached hydrogen (secondary N) is 1. The van der Waals surface area contributed by atoms with Crippen molar-refractivity contribution in [1.29, 1.82) is 0 Å². The van der Waals surface area contributed by atoms with E-state index < -0.39 is 0 Å². The van der Waals surface area contributed by atoms with Gasteiger partial charge < -0.3 is 15.1 Å². The lowest BCUT2D eigenvalue weighted by Crippen LogP contribution is -2.55. The molecule has 7 heteroatoms. The predicted molar refractivity (Wildman–Crippen MR) is 121 cm³/mol. The van der Waals surface area contributed by atoms with Crippen molar-refractivity contribution < 1.29 is 9.59 Å². The molecule has 2 heterocycles. The van der Waals surface area contributed by atoms with Crippen LogP contribution in [-0.4, -0.2) is 97.5 Å². The molecule has 2 aliphatic rings. The molecule has 166 valence electrons. The highest BCUT2D eigenvalue weighted by molar-refractivity contribution is 5.79. The van der Waals surface area contributed by atoms with Crippen LogP contribution in [0.25, 0.3) is 0 Å². The number of carbonyl (C=O) groups is 2. The molecule has 2 saturated heterocycles. The highest BCUT2D eigenvalue weighted by Gasteiger charge is 2.26. The lowest BCUT2D eigenvalue weighted by Gasteiger charge is -2.39. The minimum Gasteiger partial charge on any atom is -0.369 e. The monoisotopic (exact) mass is 415 g/mol. The second kappa shape index (κ2) is 9.79. The highest BCUT2D eigenvalue weighted by Crippen LogP contribution is 2.20. The summed E-state index contributed by atoms with van der Waals surface area (Å²) in [4.78, 5) is 33.6. The number of carbonyl (C=O) groups excluding carboxylic acids is 2. The van der Waals surface area contributed by atoms with Gasteiger partial charge in [0.15, 0.2) is 0 Å². The van der Waals surface area contributed by atoms with Crippen LogP contribution in [0.2, 0.25) is 0 Å². The molecular weight excluding hydrogens is 378 g/mol. The third-order valence-electron chi connectivity index (χ3n) is 5.79. The molecule has 0 saturated carbocycles. The minimum absolute atomic E-state index is 0.0498. The van der Waals surface area contributed by atoms with E-state index in [-0.39, 0.29) is 17.4 Å². The van der Waals surface area contributed by atoms with Gasteiger partial charge in [-0.1, -0.05) is 18.2 Å². The average Bonchev–Trinajstić information content (AvgIpc) is 2.68. The maximum absolute atomic E-state index is 12.8. The Kier molecular flexibility index (Phi) is 7.36. The fraction of sp³-hybridized carbons (Fsp3) is 0.652. The maximum Gasteiger partial charge on any atom is 0.236 e. The molecule has 2 amide bonds. The zero-order valence-electron chi connectivity index (χ0n) is 19.0. The number of hydrogen-bond acceptors (Lipinski definition) is 5. The summed E-state index contributed by atoms with van der Waals surface area (Å²) in [5.74, 6) is 0.256. The van der Waals surface area contributed by atoms with E-state index in [2.05, 4.69) is 51.2 Å². The zero-order valence-corrected chi connectivity index (χ0v) is 19.0. The second-order valence-electron chi connectivity index (χ2n) is 9.50. The Morgan fingerprint density at radius 1 is 0.867 bits per heavy atom. The average molecular weight is 416 g/mol. The van der Waals surface area contributed by atoms with Crippen molar-refractivity contribution in [1.82, 2.24) is 20.0 Å². The van der Waals surface area contributed by atoms with Crippen molar-refractivity contribution >= 4 is 17.5 Å². The molecule has 0 aromatic heterocycles. The topological polar surface area (TPSA) is 59.1 Å². The number of rotatable bonds is 5. The minimum atomic E-state index is -0.210. The fourth-order valence-corrected chi connectivity index (χ4v) is 4.17. The fourth-order valence-electron chi connectivity index (χ4n) is 4.17. The molecule has 7 nitrogen and oxygen atoms in total. The number of hydrogen-bond donors (Lipinski definition) is 1. The predicted octanol–water partition coefficient (Wildman–Crippen LogP) is 1.18. The van der Waals surface area contributed by atoms with E-state index in [0.717, 1.165) is 39.3 Å². The summed E-state index contributed by atoms with van der Waals surface area (Å²) in [6.45, 7) is 15.6. The molecular formula is C23H37N5O2. The van der Waals surface area contributed by atoms with Crippen LogP contribution in [0.15, 0.2) is 24.3 Å². The first kappa shape index (κ1) is 22.6. The third-order valence-corrected chi connectivity index (χ3v) is 5.79. The summed E-state index contributed by atoms with van der Waals surface area (Å²) < 4.78 is 0. The van der Waals surface area contributed by atoms with Crippen LogP contribution < -0.4 is 10.2 Å². The van der Waals surface area contributed by atoms with Gasteiger partial charge in [0.1, 0.15) is 0 Å². The van der Waals surface area contributed by atoms with E-state index in [1.807, 2.05) is 25.7 Å². The van der Waals surface area contributed by atoms with Crippen molar-refractivity contribution in [3.8, 4) is 0 Å². The molecule has 2 fully saturated rings. The Hall–Kier alpha value is -2.12. The lowest BCUT2D eigenvalue weighted by atomic mass is 10.1. The molecule has 3 rings (SSSR count). The molecule has 0 aliphatic carbocycles. The number of piperazine rings is 2. The largest absolute Gasteiger partial charge is 0.369 e. The Morgan fingerprint density at radius 3 is 2.03 bits per heavy atom. The molecule has 1 aromatic rings. The molecule has 0 radical (unpaired) electrons. The smallest absolute Gasteiger partial charge is 0.236 e. The molecule has 2 aliphatic heterocycles. The molecule has 1 aromatic carbocycles. The second-order valence-corrected chi connectivity index (χ2v) is 9.50. The summed E-state index contributed by atoms with van der Waals surface area (Å²) in [7, 11) is 0. The van der Waals surface area contributed by atoms with Crippen LogP contribution in [0.5, 0.6) is 0 Å². The Morgan fingerprint density at radius 2 is 1.43 bits per heavy atom. The first-order valence-corrected chi connectivity index (χ1v) is 11.1. The summed E-state index contributed by atoms with van der Waals surface area (Å²) in [5.41, 5.74) is 2.39. The number of aryl methyl sites for hydroxylation is 1. The van der Waals surface area contributed by atoms with Crippen LogP contribution in [0, 0.1) is 6.92 Å². The lowest BCUT2D eigenvalue weighted by molar-refractivity contribution is -0.134. The van der Waals surface area contributed by atoms with Crippen molar-refractivity contribution in [3.63, 3.8) is 0 Å². The molecule has 0 spiro atoms. The van der Waals surface area contributed by atoms with Crippen LogP contribution in [0.3, 0.4) is 0 Å². The van der Waals surface area contributed by atoms with Gasteiger partial charge in [0.25, 0.3) is 0 Å². The van der Waals surface area contributed by atoms with Gasteiger partial charge in [-0.3, -0.25) is 19.4 Å². The number of para-hydroxylation sites is 1. The maximum atomic E-state index is 12.8. The third kappa shape index (κ3) is 6.44. The van der Waals surface area contributed by atoms with Gasteiger partial charge in [-0.2, -0.15) is 0 Å². The van der Waals surface area contributed by atoms with Crippen molar-refractivity contribution in [2.24, 2.45) is 0 Å². The number of amides is 2. The first-order chi connectivity index (χ1) is 14.2. The zero-order chi connectivity index (χ0) is 21.7. The van der Waals surface area contributed by atoms with E-state index in [1.54, 1.807) is 0 Å². The van der Waals surface area contributed by atoms with Gasteiger partial charge in [-0.05, 0) is 39.3 Å². The quantitative estimate of drug-likeness (QED) is 0.783. The Balaban J connectivity index is 1.38. The summed E-state index contributed by atoms with van der Waals surface area (Å²) in [6.07, 6.45) is 0. The van der Waals surface area contributed by atoms with Crippen LogP contribution in [0.1, 0.15) is 26.3 Å². The SMILES string of the molecule is Cc1ccccc1N1CCN(CC(=O)N2CCN(CC(=O)NC(C)(C)C)CC2)CC1. The van der Waals surface area contributed by atoms with Crippen LogP contribution in [0.4, 0.5) is 5.69 Å². The highest BCUT2D eigenvalue weighted by atomic mass is 16.2. The Labute approximate surface area is 181 Å². The molecule has 1 N–H and O–H groups in total. The van der Waals surface area contributed by atoms with Gasteiger partial charge in [0.05, 0.1) is 13.1 Å².